The van der Waals surface area contributed by atoms with E-state index in [1.165, 1.54) is 27.4 Å². The summed E-state index contributed by atoms with van der Waals surface area (Å²) in [5.74, 6) is 1.05. The number of carbonyl (C=O) groups excluding carboxylic acids is 1. The highest BCUT2D eigenvalue weighted by Crippen LogP contribution is 2.41. The minimum absolute atomic E-state index is 0.0710. The Kier molecular flexibility index (Phi) is 8.81. The lowest BCUT2D eigenvalue weighted by molar-refractivity contribution is -0.384. The quantitative estimate of drug-likeness (QED) is 0.118. The van der Waals surface area contributed by atoms with Crippen LogP contribution in [0.2, 0.25) is 0 Å². The predicted octanol–water partition coefficient (Wildman–Crippen LogP) is 3.82. The monoisotopic (exact) mass is 564 g/mol. The highest BCUT2D eigenvalue weighted by molar-refractivity contribution is 7.99. The van der Waals surface area contributed by atoms with E-state index < -0.39 is 10.8 Å². The van der Waals surface area contributed by atoms with Crippen molar-refractivity contribution >= 4 is 29.6 Å². The summed E-state index contributed by atoms with van der Waals surface area (Å²) in [7, 11) is 4.56. The molecule has 0 bridgehead atoms. The Labute approximate surface area is 232 Å². The van der Waals surface area contributed by atoms with Gasteiger partial charge < -0.3 is 19.3 Å². The highest BCUT2D eigenvalue weighted by Gasteiger charge is 2.21. The maximum Gasteiger partial charge on any atom is 0.270 e. The first kappa shape index (κ1) is 27.9. The van der Waals surface area contributed by atoms with Gasteiger partial charge in [-0.1, -0.05) is 30.0 Å². The molecule has 14 heteroatoms. The summed E-state index contributed by atoms with van der Waals surface area (Å²) in [4.78, 5) is 22.9. The van der Waals surface area contributed by atoms with E-state index in [2.05, 4.69) is 20.7 Å². The van der Waals surface area contributed by atoms with Crippen molar-refractivity contribution in [1.29, 1.82) is 0 Å². The van der Waals surface area contributed by atoms with Crippen molar-refractivity contribution in [3.8, 4) is 40.1 Å². The number of methoxy groups -OCH3 is 3. The van der Waals surface area contributed by atoms with E-state index in [-0.39, 0.29) is 22.8 Å². The van der Waals surface area contributed by atoms with Crippen molar-refractivity contribution in [1.82, 2.24) is 20.2 Å². The Morgan fingerprint density at radius 1 is 1.07 bits per heavy atom. The normalized spacial score (nSPS) is 10.9. The number of thioether (sulfide) groups is 1. The molecule has 4 aromatic rings. The number of nitro groups is 1. The van der Waals surface area contributed by atoms with Crippen LogP contribution in [0.1, 0.15) is 5.56 Å². The topological polar surface area (TPSA) is 163 Å². The number of nitrogens with one attached hydrogen (secondary N) is 1. The number of hydrogen-bond donors (Lipinski definition) is 2. The van der Waals surface area contributed by atoms with Crippen LogP contribution >= 0.6 is 11.8 Å². The number of aromatic nitrogens is 3. The lowest BCUT2D eigenvalue weighted by Gasteiger charge is -2.15. The molecule has 3 aromatic carbocycles. The number of nitro benzene ring substituents is 1. The molecule has 0 unspecified atom stereocenters. The van der Waals surface area contributed by atoms with E-state index in [0.29, 0.717) is 33.8 Å². The van der Waals surface area contributed by atoms with Gasteiger partial charge in [-0.3, -0.25) is 19.5 Å². The number of phenolic OH excluding ortho intramolecular Hbond substituents is 1. The molecule has 2 N–H and O–H groups in total. The van der Waals surface area contributed by atoms with Crippen LogP contribution in [0.3, 0.4) is 0 Å². The van der Waals surface area contributed by atoms with Crippen LogP contribution in [0.4, 0.5) is 5.69 Å². The first-order valence-electron chi connectivity index (χ1n) is 11.6. The van der Waals surface area contributed by atoms with Crippen LogP contribution in [0.15, 0.2) is 70.9 Å². The number of ether oxygens (including phenoxy) is 3. The maximum absolute atomic E-state index is 12.5. The fraction of sp³-hybridized carbons (Fsp3) is 0.154. The van der Waals surface area contributed by atoms with Gasteiger partial charge in [0.05, 0.1) is 38.2 Å². The van der Waals surface area contributed by atoms with Gasteiger partial charge in [0.2, 0.25) is 5.75 Å². The molecule has 0 aliphatic heterocycles. The van der Waals surface area contributed by atoms with E-state index in [1.807, 2.05) is 30.3 Å². The average molecular weight is 565 g/mol. The fourth-order valence-electron chi connectivity index (χ4n) is 3.67. The van der Waals surface area contributed by atoms with Crippen molar-refractivity contribution in [2.75, 3.05) is 27.1 Å². The fourth-order valence-corrected chi connectivity index (χ4v) is 4.41. The molecule has 0 saturated carbocycles. The summed E-state index contributed by atoms with van der Waals surface area (Å²) >= 11 is 1.13. The van der Waals surface area contributed by atoms with Crippen LogP contribution in [0.25, 0.3) is 17.1 Å². The van der Waals surface area contributed by atoms with Crippen molar-refractivity contribution in [3.05, 3.63) is 76.3 Å². The second-order valence-corrected chi connectivity index (χ2v) is 8.92. The third-order valence-electron chi connectivity index (χ3n) is 5.52. The molecule has 1 amide bonds. The Bertz CT molecular complexity index is 1530. The molecule has 0 spiro atoms. The zero-order chi connectivity index (χ0) is 28.6. The Morgan fingerprint density at radius 3 is 2.40 bits per heavy atom. The minimum atomic E-state index is -0.596. The third-order valence-corrected chi connectivity index (χ3v) is 6.45. The molecule has 0 aliphatic rings. The zero-order valence-electron chi connectivity index (χ0n) is 21.6. The van der Waals surface area contributed by atoms with Gasteiger partial charge in [0, 0.05) is 28.9 Å². The number of non-ortho nitro benzene ring substituents is 1. The van der Waals surface area contributed by atoms with Gasteiger partial charge in [0.15, 0.2) is 22.5 Å². The van der Waals surface area contributed by atoms with Crippen LogP contribution < -0.4 is 19.6 Å². The lowest BCUT2D eigenvalue weighted by atomic mass is 10.1. The highest BCUT2D eigenvalue weighted by atomic mass is 32.2. The zero-order valence-corrected chi connectivity index (χ0v) is 22.4. The van der Waals surface area contributed by atoms with E-state index >= 15 is 0 Å². The molecular formula is C26H24N6O7S. The molecular weight excluding hydrogens is 540 g/mol. The minimum Gasteiger partial charge on any atom is -0.507 e. The summed E-state index contributed by atoms with van der Waals surface area (Å²) < 4.78 is 18.2. The summed E-state index contributed by atoms with van der Waals surface area (Å²) in [5, 5.41) is 33.8. The molecule has 0 fully saturated rings. The van der Waals surface area contributed by atoms with Crippen molar-refractivity contribution in [2.24, 2.45) is 5.10 Å². The van der Waals surface area contributed by atoms with E-state index in [0.717, 1.165) is 35.8 Å². The van der Waals surface area contributed by atoms with Crippen LogP contribution in [0.5, 0.6) is 23.0 Å². The van der Waals surface area contributed by atoms with Gasteiger partial charge in [-0.05, 0) is 30.3 Å². The predicted molar refractivity (Wildman–Crippen MR) is 148 cm³/mol. The number of nitrogens with zero attached hydrogens (tertiary/aromatic N) is 5. The number of aromatic hydroxyl groups is 1. The molecule has 0 radical (unpaired) electrons. The second-order valence-electron chi connectivity index (χ2n) is 7.97. The Hall–Kier alpha value is -5.11. The molecule has 4 rings (SSSR count). The first-order chi connectivity index (χ1) is 19.4. The van der Waals surface area contributed by atoms with Gasteiger partial charge in [-0.15, -0.1) is 10.2 Å². The SMILES string of the molecule is COc1cc(-c2nnc(SCC(=O)NN=Cc3cc([N+](=O)[O-])ccc3O)n2-c2ccccc2)cc(OC)c1OC. The Balaban J connectivity index is 1.57. The number of para-hydroxylation sites is 1. The maximum atomic E-state index is 12.5. The number of carbonyl (C=O) groups is 1. The molecule has 0 atom stereocenters. The smallest absolute Gasteiger partial charge is 0.270 e. The lowest BCUT2D eigenvalue weighted by Crippen LogP contribution is -2.20. The summed E-state index contributed by atoms with van der Waals surface area (Å²) in [5.41, 5.74) is 3.61. The molecule has 206 valence electrons. The number of hydrogen-bond acceptors (Lipinski definition) is 11. The molecule has 40 heavy (non-hydrogen) atoms. The van der Waals surface area contributed by atoms with Gasteiger partial charge in [-0.25, -0.2) is 5.43 Å². The Morgan fingerprint density at radius 2 is 1.77 bits per heavy atom. The number of benzene rings is 3. The van der Waals surface area contributed by atoms with Gasteiger partial charge in [0.25, 0.3) is 11.6 Å². The van der Waals surface area contributed by atoms with Gasteiger partial charge in [0.1, 0.15) is 5.75 Å². The summed E-state index contributed by atoms with van der Waals surface area (Å²) in [6.07, 6.45) is 1.12. The summed E-state index contributed by atoms with van der Waals surface area (Å²) in [6, 6.07) is 16.4. The van der Waals surface area contributed by atoms with E-state index in [9.17, 15) is 20.0 Å². The van der Waals surface area contributed by atoms with E-state index in [4.69, 9.17) is 14.2 Å². The van der Waals surface area contributed by atoms with E-state index in [1.54, 1.807) is 16.7 Å². The molecule has 1 aromatic heterocycles. The average Bonchev–Trinajstić information content (AvgIpc) is 3.40. The van der Waals surface area contributed by atoms with Gasteiger partial charge >= 0.3 is 0 Å². The van der Waals surface area contributed by atoms with Crippen molar-refractivity contribution < 1.29 is 29.0 Å². The number of amides is 1. The van der Waals surface area contributed by atoms with Gasteiger partial charge in [-0.2, -0.15) is 5.10 Å². The van der Waals surface area contributed by atoms with Crippen molar-refractivity contribution in [3.63, 3.8) is 0 Å². The number of rotatable bonds is 11. The summed E-state index contributed by atoms with van der Waals surface area (Å²) in [6.45, 7) is 0. The standard InChI is InChI=1S/C26H24N6O7S/c1-37-21-12-16(13-22(38-2)24(21)39-3)25-29-30-26(31(25)18-7-5-4-6-8-18)40-15-23(34)28-27-14-17-11-19(32(35)36)9-10-20(17)33/h4-14,33H,15H2,1-3H3,(H,28,34). The molecule has 0 saturated heterocycles. The molecule has 1 heterocycles. The van der Waals surface area contributed by atoms with Crippen molar-refractivity contribution in [2.45, 2.75) is 5.16 Å². The molecule has 0 aliphatic carbocycles. The molecule has 13 nitrogen and oxygen atoms in total. The van der Waals surface area contributed by atoms with Crippen LogP contribution in [-0.2, 0) is 4.79 Å². The third kappa shape index (κ3) is 6.13. The number of phenols is 1. The largest absolute Gasteiger partial charge is 0.507 e. The number of hydrazone groups is 1. The van der Waals surface area contributed by atoms with Crippen LogP contribution in [-0.4, -0.2) is 64.0 Å². The first-order valence-corrected chi connectivity index (χ1v) is 12.6. The van der Waals surface area contributed by atoms with Crippen LogP contribution in [0, 0.1) is 10.1 Å². The second kappa shape index (κ2) is 12.6.